The Hall–Kier alpha value is -5.19. The summed E-state index contributed by atoms with van der Waals surface area (Å²) in [6, 6.07) is 22.4. The first-order valence-electron chi connectivity index (χ1n) is 13.6. The van der Waals surface area contributed by atoms with Crippen LogP contribution in [0.1, 0.15) is 22.3 Å². The fourth-order valence-electron chi connectivity index (χ4n) is 4.67. The summed E-state index contributed by atoms with van der Waals surface area (Å²) in [4.78, 5) is 26.2. The van der Waals surface area contributed by atoms with Crippen LogP contribution in [0.4, 0.5) is 11.4 Å². The van der Waals surface area contributed by atoms with Gasteiger partial charge in [0.15, 0.2) is 0 Å². The predicted molar refractivity (Wildman–Crippen MR) is 178 cm³/mol. The predicted octanol–water partition coefficient (Wildman–Crippen LogP) is 5.16. The SMILES string of the molecule is O=C1C=Cc2cc(S(=O)(=O)O)ccc2/C1=N/Nc1ccc(Sc2ccc(N/N=C3/C(=O)C=Cc4cc(S(=O)(=O)O)ccc43)cc2)cc1. The number of benzene rings is 4. The lowest BCUT2D eigenvalue weighted by Gasteiger charge is -2.13. The summed E-state index contributed by atoms with van der Waals surface area (Å²) in [7, 11) is -8.78. The molecule has 0 saturated heterocycles. The highest BCUT2D eigenvalue weighted by Gasteiger charge is 2.23. The smallest absolute Gasteiger partial charge is 0.287 e. The van der Waals surface area contributed by atoms with E-state index in [2.05, 4.69) is 21.1 Å². The maximum Gasteiger partial charge on any atom is 0.294 e. The normalized spacial score (nSPS) is 15.9. The lowest BCUT2D eigenvalue weighted by atomic mass is 9.95. The van der Waals surface area contributed by atoms with Crippen molar-refractivity contribution in [3.63, 3.8) is 0 Å². The molecule has 12 nitrogen and oxygen atoms in total. The molecule has 0 spiro atoms. The Kier molecular flexibility index (Phi) is 8.48. The van der Waals surface area contributed by atoms with Gasteiger partial charge in [-0.3, -0.25) is 29.5 Å². The Labute approximate surface area is 273 Å². The second-order valence-corrected chi connectivity index (χ2v) is 14.1. The molecule has 15 heteroatoms. The van der Waals surface area contributed by atoms with Crippen LogP contribution in [0.5, 0.6) is 0 Å². The van der Waals surface area contributed by atoms with Gasteiger partial charge in [-0.15, -0.1) is 0 Å². The molecule has 236 valence electrons. The summed E-state index contributed by atoms with van der Waals surface area (Å²) in [5.74, 6) is -0.718. The average molecular weight is 687 g/mol. The maximum absolute atomic E-state index is 12.5. The van der Waals surface area contributed by atoms with Gasteiger partial charge in [0, 0.05) is 20.9 Å². The van der Waals surface area contributed by atoms with E-state index in [4.69, 9.17) is 0 Å². The molecule has 0 saturated carbocycles. The minimum absolute atomic E-state index is 0.0986. The third-order valence-electron chi connectivity index (χ3n) is 6.99. The number of fused-ring (bicyclic) bond motifs is 2. The monoisotopic (exact) mass is 686 g/mol. The van der Waals surface area contributed by atoms with Crippen LogP contribution < -0.4 is 10.9 Å². The summed E-state index contributed by atoms with van der Waals surface area (Å²) >= 11 is 1.49. The number of carbonyl (C=O) groups is 2. The minimum atomic E-state index is -4.39. The van der Waals surface area contributed by atoms with Crippen molar-refractivity contribution < 1.29 is 35.5 Å². The number of rotatable bonds is 8. The second kappa shape index (κ2) is 12.5. The van der Waals surface area contributed by atoms with Crippen LogP contribution in [0.15, 0.2) is 127 Å². The van der Waals surface area contributed by atoms with Crippen molar-refractivity contribution in [2.75, 3.05) is 10.9 Å². The first kappa shape index (κ1) is 31.8. The van der Waals surface area contributed by atoms with Gasteiger partial charge >= 0.3 is 0 Å². The van der Waals surface area contributed by atoms with E-state index in [0.717, 1.165) is 9.79 Å². The number of nitrogens with one attached hydrogen (secondary N) is 2. The molecule has 0 aromatic heterocycles. The van der Waals surface area contributed by atoms with E-state index < -0.39 is 20.2 Å². The van der Waals surface area contributed by atoms with Crippen LogP contribution >= 0.6 is 11.8 Å². The molecule has 4 aromatic rings. The van der Waals surface area contributed by atoms with Gasteiger partial charge in [-0.25, -0.2) is 0 Å². The van der Waals surface area contributed by atoms with Crippen LogP contribution in [0.3, 0.4) is 0 Å². The number of hydrogen-bond donors (Lipinski definition) is 4. The van der Waals surface area contributed by atoms with Crippen molar-refractivity contribution in [1.82, 2.24) is 0 Å². The Morgan fingerprint density at radius 2 is 0.915 bits per heavy atom. The fourth-order valence-corrected chi connectivity index (χ4v) is 6.51. The van der Waals surface area contributed by atoms with Crippen molar-refractivity contribution in [3.8, 4) is 0 Å². The first-order valence-corrected chi connectivity index (χ1v) is 17.3. The van der Waals surface area contributed by atoms with Gasteiger partial charge in [-0.2, -0.15) is 27.0 Å². The van der Waals surface area contributed by atoms with E-state index in [-0.39, 0.29) is 32.8 Å². The average Bonchev–Trinajstić information content (AvgIpc) is 3.04. The Morgan fingerprint density at radius 1 is 0.532 bits per heavy atom. The first-order chi connectivity index (χ1) is 22.3. The van der Waals surface area contributed by atoms with Crippen molar-refractivity contribution in [2.24, 2.45) is 10.2 Å². The van der Waals surface area contributed by atoms with E-state index in [0.29, 0.717) is 33.6 Å². The van der Waals surface area contributed by atoms with Crippen molar-refractivity contribution >= 4 is 78.5 Å². The van der Waals surface area contributed by atoms with Gasteiger partial charge in [0.1, 0.15) is 11.4 Å². The number of ketones is 2. The fraction of sp³-hybridized carbons (Fsp3) is 0. The molecule has 0 fully saturated rings. The lowest BCUT2D eigenvalue weighted by molar-refractivity contribution is -0.109. The second-order valence-electron chi connectivity index (χ2n) is 10.1. The van der Waals surface area contributed by atoms with E-state index in [1.807, 2.05) is 24.3 Å². The van der Waals surface area contributed by atoms with Crippen LogP contribution in [-0.2, 0) is 29.8 Å². The lowest BCUT2D eigenvalue weighted by Crippen LogP contribution is -2.19. The summed E-state index contributed by atoms with van der Waals surface area (Å²) in [6.45, 7) is 0. The molecule has 2 aliphatic carbocycles. The third kappa shape index (κ3) is 7.14. The van der Waals surface area contributed by atoms with Gasteiger partial charge in [-0.1, -0.05) is 36.0 Å². The zero-order chi connectivity index (χ0) is 33.3. The highest BCUT2D eigenvalue weighted by atomic mass is 32.2. The topological polar surface area (TPSA) is 192 Å². The molecule has 0 bridgehead atoms. The summed E-state index contributed by atoms with van der Waals surface area (Å²) in [5, 5.41) is 8.49. The molecule has 4 N–H and O–H groups in total. The van der Waals surface area contributed by atoms with Crippen molar-refractivity contribution in [3.05, 3.63) is 119 Å². The highest BCUT2D eigenvalue weighted by Crippen LogP contribution is 2.30. The van der Waals surface area contributed by atoms with E-state index in [1.165, 1.54) is 72.5 Å². The molecule has 2 aliphatic rings. The number of carbonyl (C=O) groups excluding carboxylic acids is 2. The molecular formula is C32H22N4O8S3. The number of hydrazone groups is 2. The molecular weight excluding hydrogens is 665 g/mol. The largest absolute Gasteiger partial charge is 0.294 e. The molecule has 47 heavy (non-hydrogen) atoms. The van der Waals surface area contributed by atoms with Crippen LogP contribution in [-0.4, -0.2) is 48.9 Å². The molecule has 0 atom stereocenters. The Bertz CT molecular complexity index is 2130. The van der Waals surface area contributed by atoms with Crippen molar-refractivity contribution in [1.29, 1.82) is 0 Å². The summed E-state index contributed by atoms with van der Waals surface area (Å²) in [6.07, 6.45) is 5.49. The summed E-state index contributed by atoms with van der Waals surface area (Å²) in [5.41, 5.74) is 8.86. The molecule has 0 unspecified atom stereocenters. The van der Waals surface area contributed by atoms with Gasteiger partial charge in [0.2, 0.25) is 11.6 Å². The summed E-state index contributed by atoms with van der Waals surface area (Å²) < 4.78 is 64.5. The third-order valence-corrected chi connectivity index (χ3v) is 9.70. The number of anilines is 2. The Balaban J connectivity index is 1.10. The number of hydrogen-bond acceptors (Lipinski definition) is 11. The van der Waals surface area contributed by atoms with Gasteiger partial charge in [-0.05, 0) is 96.1 Å². The molecule has 0 aliphatic heterocycles. The van der Waals surface area contributed by atoms with E-state index >= 15 is 0 Å². The molecule has 6 rings (SSSR count). The van der Waals surface area contributed by atoms with Gasteiger partial charge < -0.3 is 0 Å². The molecule has 0 radical (unpaired) electrons. The van der Waals surface area contributed by atoms with Crippen LogP contribution in [0.25, 0.3) is 12.2 Å². The van der Waals surface area contributed by atoms with E-state index in [9.17, 15) is 35.5 Å². The van der Waals surface area contributed by atoms with Crippen LogP contribution in [0.2, 0.25) is 0 Å². The maximum atomic E-state index is 12.5. The molecule has 0 amide bonds. The highest BCUT2D eigenvalue weighted by molar-refractivity contribution is 7.99. The van der Waals surface area contributed by atoms with Gasteiger partial charge in [0.25, 0.3) is 20.2 Å². The minimum Gasteiger partial charge on any atom is -0.287 e. The molecule has 0 heterocycles. The van der Waals surface area contributed by atoms with Gasteiger partial charge in [0.05, 0.1) is 21.2 Å². The zero-order valence-electron chi connectivity index (χ0n) is 23.9. The Morgan fingerprint density at radius 3 is 1.28 bits per heavy atom. The number of nitrogens with zero attached hydrogens (tertiary/aromatic N) is 2. The van der Waals surface area contributed by atoms with Crippen molar-refractivity contribution in [2.45, 2.75) is 19.6 Å². The van der Waals surface area contributed by atoms with E-state index in [1.54, 1.807) is 24.3 Å². The zero-order valence-corrected chi connectivity index (χ0v) is 26.3. The number of allylic oxidation sites excluding steroid dienone is 2. The van der Waals surface area contributed by atoms with Crippen LogP contribution in [0, 0.1) is 0 Å². The quantitative estimate of drug-likeness (QED) is 0.141. The standard InChI is InChI=1S/C32H22N4O8S3/c37-29-15-1-19-17-25(46(39,40)41)11-13-27(19)31(29)35-33-21-3-7-23(8-4-21)45-24-9-5-22(6-10-24)34-36-32-28-14-12-26(47(42,43)44)18-20(28)2-16-30(32)38/h1-18,33-34H,(H,39,40,41)(H,42,43,44)/b35-31-,36-32+. The molecule has 4 aromatic carbocycles.